The second-order valence-corrected chi connectivity index (χ2v) is 2.79. The van der Waals surface area contributed by atoms with Gasteiger partial charge in [-0.2, -0.15) is 0 Å². The predicted molar refractivity (Wildman–Crippen MR) is 49.2 cm³/mol. The van der Waals surface area contributed by atoms with Crippen LogP contribution in [-0.2, 0) is 3.79 Å². The molecule has 0 aliphatic rings. The highest BCUT2D eigenvalue weighted by atomic mass is 27.1. The summed E-state index contributed by atoms with van der Waals surface area (Å²) in [6.45, 7) is 0. The summed E-state index contributed by atoms with van der Waals surface area (Å²) in [6.07, 6.45) is 0. The van der Waals surface area contributed by atoms with Gasteiger partial charge >= 0.3 is 22.6 Å². The minimum atomic E-state index is -0.374. The number of hydrogen-bond acceptors (Lipinski definition) is 4. The maximum Gasteiger partial charge on any atom is 0.499 e. The van der Waals surface area contributed by atoms with Gasteiger partial charge in [0.2, 0.25) is 0 Å². The maximum absolute atomic E-state index is 11.0. The van der Waals surface area contributed by atoms with E-state index < -0.39 is 0 Å². The van der Waals surface area contributed by atoms with Gasteiger partial charge in [-0.15, -0.1) is 0 Å². The van der Waals surface area contributed by atoms with E-state index in [4.69, 9.17) is 11.5 Å². The summed E-state index contributed by atoms with van der Waals surface area (Å²) in [5.41, 5.74) is 12.3. The van der Waals surface area contributed by atoms with E-state index in [9.17, 15) is 4.79 Å². The topological polar surface area (TPSA) is 78.3 Å². The molecule has 0 heterocycles. The van der Waals surface area contributed by atoms with E-state index in [2.05, 4.69) is 3.79 Å². The van der Waals surface area contributed by atoms with Gasteiger partial charge in [-0.25, -0.2) is 4.79 Å². The maximum atomic E-state index is 11.0. The van der Waals surface area contributed by atoms with Gasteiger partial charge in [0.05, 0.1) is 5.56 Å². The average molecular weight is 180 g/mol. The summed E-state index contributed by atoms with van der Waals surface area (Å²) < 4.78 is 4.64. The molecule has 1 aromatic rings. The molecule has 4 nitrogen and oxygen atoms in total. The minimum Gasteiger partial charge on any atom is -0.618 e. The molecular formula is C7H9AlN2O2. The number of benzene rings is 1. The van der Waals surface area contributed by atoms with Gasteiger partial charge in [0.25, 0.3) is 0 Å². The van der Waals surface area contributed by atoms with Crippen LogP contribution < -0.4 is 11.5 Å². The van der Waals surface area contributed by atoms with Gasteiger partial charge < -0.3 is 15.3 Å². The standard InChI is InChI=1S/C7H8N2O2.Al.2H/c8-5-1-4(7(10)11)2-6(9)3-5;;;/h1-3H,8-9H2,(H,10,11);;;/q;+1;;/p-1. The molecule has 0 aromatic heterocycles. The second-order valence-electron chi connectivity index (χ2n) is 2.38. The van der Waals surface area contributed by atoms with Crippen molar-refractivity contribution in [2.24, 2.45) is 0 Å². The molecule has 62 valence electrons. The van der Waals surface area contributed by atoms with Crippen molar-refractivity contribution in [1.82, 2.24) is 0 Å². The number of carbonyl (C=O) groups is 1. The van der Waals surface area contributed by atoms with Crippen molar-refractivity contribution in [2.45, 2.75) is 0 Å². The SMILES string of the molecule is Nc1cc(N)cc(C(=O)[O][AlH2])c1. The molecule has 0 fully saturated rings. The van der Waals surface area contributed by atoms with Crippen LogP contribution in [0.1, 0.15) is 10.4 Å². The third-order valence-electron chi connectivity index (χ3n) is 1.40. The van der Waals surface area contributed by atoms with Gasteiger partial charge in [-0.05, 0) is 18.2 Å². The van der Waals surface area contributed by atoms with E-state index in [1.54, 1.807) is 6.07 Å². The highest BCUT2D eigenvalue weighted by Crippen LogP contribution is 2.13. The number of anilines is 2. The van der Waals surface area contributed by atoms with E-state index in [0.717, 1.165) is 0 Å². The molecule has 4 N–H and O–H groups in total. The molecule has 0 amide bonds. The molecule has 0 radical (unpaired) electrons. The second kappa shape index (κ2) is 3.48. The number of carbonyl (C=O) groups excluding carboxylic acids is 1. The highest BCUT2D eigenvalue weighted by molar-refractivity contribution is 6.09. The van der Waals surface area contributed by atoms with Crippen molar-refractivity contribution in [3.8, 4) is 0 Å². The van der Waals surface area contributed by atoms with E-state index in [1.165, 1.54) is 12.1 Å². The quantitative estimate of drug-likeness (QED) is 0.453. The van der Waals surface area contributed by atoms with Crippen LogP contribution in [0.5, 0.6) is 0 Å². The van der Waals surface area contributed by atoms with Gasteiger partial charge in [-0.1, -0.05) is 0 Å². The van der Waals surface area contributed by atoms with Crippen LogP contribution in [0.2, 0.25) is 0 Å². The Kier molecular flexibility index (Phi) is 2.59. The molecule has 0 spiro atoms. The summed E-state index contributed by atoms with van der Waals surface area (Å²) in [5.74, 6) is -0.374. The van der Waals surface area contributed by atoms with Crippen molar-refractivity contribution < 1.29 is 8.58 Å². The molecule has 5 heteroatoms. The van der Waals surface area contributed by atoms with Crippen molar-refractivity contribution >= 4 is 34.0 Å². The molecule has 0 saturated carbocycles. The first-order valence-corrected chi connectivity index (χ1v) is 4.19. The average Bonchev–Trinajstić information content (AvgIpc) is 2.01. The Balaban J connectivity index is 3.08. The summed E-state index contributed by atoms with van der Waals surface area (Å²) in [5, 5.41) is 0. The lowest BCUT2D eigenvalue weighted by Crippen LogP contribution is -2.04. The highest BCUT2D eigenvalue weighted by Gasteiger charge is 2.04. The van der Waals surface area contributed by atoms with Crippen molar-refractivity contribution in [3.63, 3.8) is 0 Å². The molecule has 0 unspecified atom stereocenters. The van der Waals surface area contributed by atoms with Crippen LogP contribution in [0.25, 0.3) is 0 Å². The Morgan fingerprint density at radius 2 is 1.75 bits per heavy atom. The smallest absolute Gasteiger partial charge is 0.499 e. The summed E-state index contributed by atoms with van der Waals surface area (Å²) in [4.78, 5) is 11.0. The molecule has 0 bridgehead atoms. The van der Waals surface area contributed by atoms with Gasteiger partial charge in [-0.3, -0.25) is 0 Å². The monoisotopic (exact) mass is 180 g/mol. The number of nitrogen functional groups attached to an aromatic ring is 2. The lowest BCUT2D eigenvalue weighted by Gasteiger charge is -2.03. The Bertz CT molecular complexity index is 294. The Morgan fingerprint density at radius 3 is 2.17 bits per heavy atom. The lowest BCUT2D eigenvalue weighted by molar-refractivity contribution is 0.0750. The fraction of sp³-hybridized carbons (Fsp3) is 0. The Labute approximate surface area is 78.3 Å². The fourth-order valence-electron chi connectivity index (χ4n) is 0.912. The first-order valence-electron chi connectivity index (χ1n) is 3.38. The summed E-state index contributed by atoms with van der Waals surface area (Å²) in [6, 6.07) is 4.66. The van der Waals surface area contributed by atoms with Gasteiger partial charge in [0.1, 0.15) is 0 Å². The Hall–Kier alpha value is -1.18. The molecule has 0 aliphatic carbocycles. The van der Waals surface area contributed by atoms with Crippen LogP contribution in [0.3, 0.4) is 0 Å². The summed E-state index contributed by atoms with van der Waals surface area (Å²) in [7, 11) is 0. The lowest BCUT2D eigenvalue weighted by atomic mass is 10.2. The zero-order valence-electron chi connectivity index (χ0n) is 6.70. The minimum absolute atomic E-state index is 0.372. The third kappa shape index (κ3) is 1.91. The van der Waals surface area contributed by atoms with E-state index in [0.29, 0.717) is 33.6 Å². The first-order chi connectivity index (χ1) is 5.63. The number of rotatable bonds is 1. The first kappa shape index (κ1) is 8.91. The largest absolute Gasteiger partial charge is 0.618 e. The van der Waals surface area contributed by atoms with Crippen LogP contribution >= 0.6 is 0 Å². The normalized spacial score (nSPS) is 9.33. The molecule has 12 heavy (non-hydrogen) atoms. The van der Waals surface area contributed by atoms with Crippen LogP contribution in [0.15, 0.2) is 18.2 Å². The molecular weight excluding hydrogens is 171 g/mol. The predicted octanol–water partition coefficient (Wildman–Crippen LogP) is -0.444. The van der Waals surface area contributed by atoms with Crippen LogP contribution in [-0.4, -0.2) is 22.6 Å². The number of hydrogen-bond donors (Lipinski definition) is 2. The third-order valence-corrected chi connectivity index (χ3v) is 1.77. The van der Waals surface area contributed by atoms with Crippen molar-refractivity contribution in [3.05, 3.63) is 23.8 Å². The molecule has 1 rings (SSSR count). The molecule has 0 saturated heterocycles. The van der Waals surface area contributed by atoms with Crippen molar-refractivity contribution in [1.29, 1.82) is 0 Å². The van der Waals surface area contributed by atoms with Gasteiger partial charge in [0.15, 0.2) is 0 Å². The van der Waals surface area contributed by atoms with Gasteiger partial charge in [0, 0.05) is 11.4 Å². The van der Waals surface area contributed by atoms with E-state index in [-0.39, 0.29) is 5.97 Å². The number of nitrogens with two attached hydrogens (primary N) is 2. The van der Waals surface area contributed by atoms with Crippen LogP contribution in [0, 0.1) is 0 Å². The molecule has 0 atom stereocenters. The zero-order chi connectivity index (χ0) is 9.14. The molecule has 0 aliphatic heterocycles. The fourth-order valence-corrected chi connectivity index (χ4v) is 1.15. The van der Waals surface area contributed by atoms with E-state index >= 15 is 0 Å². The Morgan fingerprint density at radius 1 is 1.25 bits per heavy atom. The zero-order valence-corrected chi connectivity index (χ0v) is 8.70. The van der Waals surface area contributed by atoms with E-state index in [1.807, 2.05) is 0 Å². The summed E-state index contributed by atoms with van der Waals surface area (Å²) >= 11 is 0.372. The van der Waals surface area contributed by atoms with Crippen molar-refractivity contribution in [2.75, 3.05) is 11.5 Å². The molecule has 1 aromatic carbocycles. The van der Waals surface area contributed by atoms with Crippen LogP contribution in [0.4, 0.5) is 11.4 Å².